The lowest BCUT2D eigenvalue weighted by Crippen LogP contribution is -2.21. The molecule has 1 aromatic rings. The van der Waals surface area contributed by atoms with E-state index in [-0.39, 0.29) is 0 Å². The Morgan fingerprint density at radius 1 is 1.26 bits per heavy atom. The van der Waals surface area contributed by atoms with E-state index in [4.69, 9.17) is 9.26 Å². The van der Waals surface area contributed by atoms with Crippen LogP contribution >= 0.6 is 0 Å². The lowest BCUT2D eigenvalue weighted by molar-refractivity contribution is 0.0153. The zero-order valence-electron chi connectivity index (χ0n) is 11.4. The minimum Gasteiger partial charge on any atom is -0.378 e. The van der Waals surface area contributed by atoms with Gasteiger partial charge in [0.25, 0.3) is 0 Å². The van der Waals surface area contributed by atoms with Crippen molar-refractivity contribution in [2.75, 3.05) is 19.7 Å². The Morgan fingerprint density at radius 3 is 3.05 bits per heavy atom. The van der Waals surface area contributed by atoms with Crippen molar-refractivity contribution in [3.05, 3.63) is 11.7 Å². The summed E-state index contributed by atoms with van der Waals surface area (Å²) in [5.41, 5.74) is 0. The first-order valence-corrected chi connectivity index (χ1v) is 7.54. The van der Waals surface area contributed by atoms with Crippen molar-refractivity contribution >= 4 is 0 Å². The predicted octanol–water partition coefficient (Wildman–Crippen LogP) is 1.72. The van der Waals surface area contributed by atoms with E-state index in [0.29, 0.717) is 6.10 Å². The van der Waals surface area contributed by atoms with Crippen LogP contribution in [-0.2, 0) is 17.6 Å². The Kier molecular flexibility index (Phi) is 4.45. The smallest absolute Gasteiger partial charge is 0.226 e. The molecule has 1 N–H and O–H groups in total. The second-order valence-corrected chi connectivity index (χ2v) is 5.69. The Hall–Kier alpha value is -0.940. The van der Waals surface area contributed by atoms with Gasteiger partial charge in [-0.3, -0.25) is 0 Å². The zero-order valence-corrected chi connectivity index (χ0v) is 11.4. The summed E-state index contributed by atoms with van der Waals surface area (Å²) in [6.07, 6.45) is 7.98. The SMILES string of the molecule is C1CCC(Cc2noc(CCC3CCNC3)n2)OC1. The second kappa shape index (κ2) is 6.48. The van der Waals surface area contributed by atoms with E-state index in [1.54, 1.807) is 0 Å². The van der Waals surface area contributed by atoms with E-state index < -0.39 is 0 Å². The maximum Gasteiger partial charge on any atom is 0.226 e. The number of rotatable bonds is 5. The van der Waals surface area contributed by atoms with Crippen LogP contribution in [0.2, 0.25) is 0 Å². The van der Waals surface area contributed by atoms with Crippen molar-refractivity contribution < 1.29 is 9.26 Å². The third-order valence-electron chi connectivity index (χ3n) is 4.12. The number of nitrogens with one attached hydrogen (secondary N) is 1. The van der Waals surface area contributed by atoms with E-state index in [1.165, 1.54) is 19.3 Å². The molecule has 0 bridgehead atoms. The van der Waals surface area contributed by atoms with Gasteiger partial charge in [-0.1, -0.05) is 5.16 Å². The van der Waals surface area contributed by atoms with Crippen molar-refractivity contribution in [1.82, 2.24) is 15.5 Å². The summed E-state index contributed by atoms with van der Waals surface area (Å²) in [6, 6.07) is 0. The van der Waals surface area contributed by atoms with Crippen LogP contribution in [0.4, 0.5) is 0 Å². The summed E-state index contributed by atoms with van der Waals surface area (Å²) in [6.45, 7) is 3.17. The third-order valence-corrected chi connectivity index (χ3v) is 4.12. The Bertz CT molecular complexity index is 382. The van der Waals surface area contributed by atoms with E-state index in [9.17, 15) is 0 Å². The van der Waals surface area contributed by atoms with E-state index in [0.717, 1.165) is 63.0 Å². The second-order valence-electron chi connectivity index (χ2n) is 5.69. The van der Waals surface area contributed by atoms with Gasteiger partial charge < -0.3 is 14.6 Å². The number of hydrogen-bond donors (Lipinski definition) is 1. The molecule has 0 spiro atoms. The van der Waals surface area contributed by atoms with Crippen LogP contribution in [0.5, 0.6) is 0 Å². The normalized spacial score (nSPS) is 27.8. The first-order valence-electron chi connectivity index (χ1n) is 7.54. The molecule has 106 valence electrons. The molecule has 2 fully saturated rings. The molecular formula is C14H23N3O2. The van der Waals surface area contributed by atoms with Gasteiger partial charge >= 0.3 is 0 Å². The van der Waals surface area contributed by atoms with Gasteiger partial charge in [0.2, 0.25) is 5.89 Å². The van der Waals surface area contributed by atoms with Crippen LogP contribution in [0.3, 0.4) is 0 Å². The van der Waals surface area contributed by atoms with Crippen LogP contribution in [0.1, 0.15) is 43.8 Å². The van der Waals surface area contributed by atoms with Gasteiger partial charge in [0, 0.05) is 19.4 Å². The molecule has 1 aromatic heterocycles. The first-order chi connectivity index (χ1) is 9.40. The number of nitrogens with zero attached hydrogens (tertiary/aromatic N) is 2. The Labute approximate surface area is 114 Å². The van der Waals surface area contributed by atoms with Gasteiger partial charge in [0.15, 0.2) is 5.82 Å². The van der Waals surface area contributed by atoms with Gasteiger partial charge in [-0.05, 0) is 51.1 Å². The number of aryl methyl sites for hydroxylation is 1. The fraction of sp³-hybridized carbons (Fsp3) is 0.857. The van der Waals surface area contributed by atoms with Crippen molar-refractivity contribution in [2.45, 2.75) is 51.0 Å². The molecule has 2 unspecified atom stereocenters. The molecule has 0 amide bonds. The van der Waals surface area contributed by atoms with E-state index in [1.807, 2.05) is 0 Å². The summed E-state index contributed by atoms with van der Waals surface area (Å²) < 4.78 is 11.0. The van der Waals surface area contributed by atoms with Crippen molar-refractivity contribution in [3.8, 4) is 0 Å². The molecule has 2 aliphatic rings. The monoisotopic (exact) mass is 265 g/mol. The van der Waals surface area contributed by atoms with Gasteiger partial charge in [-0.25, -0.2) is 0 Å². The highest BCUT2D eigenvalue weighted by Gasteiger charge is 2.19. The highest BCUT2D eigenvalue weighted by Crippen LogP contribution is 2.18. The summed E-state index contributed by atoms with van der Waals surface area (Å²) in [4.78, 5) is 4.49. The van der Waals surface area contributed by atoms with Crippen molar-refractivity contribution in [1.29, 1.82) is 0 Å². The first kappa shape index (κ1) is 13.1. The molecule has 2 atom stereocenters. The maximum atomic E-state index is 5.70. The summed E-state index contributed by atoms with van der Waals surface area (Å²) in [7, 11) is 0. The molecule has 0 aliphatic carbocycles. The lowest BCUT2D eigenvalue weighted by atomic mass is 10.0. The molecule has 0 radical (unpaired) electrons. The zero-order chi connectivity index (χ0) is 12.9. The van der Waals surface area contributed by atoms with Gasteiger partial charge in [-0.2, -0.15) is 4.98 Å². The molecule has 3 rings (SSSR count). The van der Waals surface area contributed by atoms with Crippen LogP contribution in [0.25, 0.3) is 0 Å². The highest BCUT2D eigenvalue weighted by molar-refractivity contribution is 4.90. The Balaban J connectivity index is 1.45. The van der Waals surface area contributed by atoms with E-state index >= 15 is 0 Å². The number of aromatic nitrogens is 2. The average molecular weight is 265 g/mol. The summed E-state index contributed by atoms with van der Waals surface area (Å²) in [5, 5.41) is 7.46. The summed E-state index contributed by atoms with van der Waals surface area (Å²) >= 11 is 0. The lowest BCUT2D eigenvalue weighted by Gasteiger charge is -2.20. The quantitative estimate of drug-likeness (QED) is 0.878. The molecule has 3 heterocycles. The van der Waals surface area contributed by atoms with Gasteiger partial charge in [0.1, 0.15) is 0 Å². The molecule has 0 aromatic carbocycles. The summed E-state index contributed by atoms with van der Waals surface area (Å²) in [5.74, 6) is 2.38. The average Bonchev–Trinajstić information content (AvgIpc) is 3.09. The molecule has 5 heteroatoms. The Morgan fingerprint density at radius 2 is 2.26 bits per heavy atom. The molecule has 0 saturated carbocycles. The van der Waals surface area contributed by atoms with Crippen LogP contribution in [0.15, 0.2) is 4.52 Å². The molecule has 2 saturated heterocycles. The standard InChI is InChI=1S/C14H23N3O2/c1-2-8-18-12(3-1)9-13-16-14(19-17-13)5-4-11-6-7-15-10-11/h11-12,15H,1-10H2. The topological polar surface area (TPSA) is 60.2 Å². The van der Waals surface area contributed by atoms with Gasteiger partial charge in [-0.15, -0.1) is 0 Å². The van der Waals surface area contributed by atoms with Gasteiger partial charge in [0.05, 0.1) is 6.10 Å². The third kappa shape index (κ3) is 3.76. The van der Waals surface area contributed by atoms with Crippen molar-refractivity contribution in [2.24, 2.45) is 5.92 Å². The predicted molar refractivity (Wildman–Crippen MR) is 70.9 cm³/mol. The molecule has 5 nitrogen and oxygen atoms in total. The number of ether oxygens (including phenoxy) is 1. The van der Waals surface area contributed by atoms with Crippen LogP contribution in [0, 0.1) is 5.92 Å². The fourth-order valence-electron chi connectivity index (χ4n) is 2.94. The maximum absolute atomic E-state index is 5.70. The molecule has 2 aliphatic heterocycles. The van der Waals surface area contributed by atoms with E-state index in [2.05, 4.69) is 15.5 Å². The van der Waals surface area contributed by atoms with Crippen molar-refractivity contribution in [3.63, 3.8) is 0 Å². The minimum absolute atomic E-state index is 0.290. The molecule has 19 heavy (non-hydrogen) atoms. The minimum atomic E-state index is 0.290. The fourth-order valence-corrected chi connectivity index (χ4v) is 2.94. The van der Waals surface area contributed by atoms with Crippen LogP contribution < -0.4 is 5.32 Å². The highest BCUT2D eigenvalue weighted by atomic mass is 16.5. The van der Waals surface area contributed by atoms with Crippen LogP contribution in [-0.4, -0.2) is 35.9 Å². The number of hydrogen-bond acceptors (Lipinski definition) is 5. The largest absolute Gasteiger partial charge is 0.378 e. The molecular weight excluding hydrogens is 242 g/mol.